The molecule has 1 amide bonds. The van der Waals surface area contributed by atoms with E-state index in [2.05, 4.69) is 5.32 Å². The standard InChI is InChI=1S/C10H17NO3/c1-4-5(2)8-9(13)7(6(3)12)10(14)11-8/h5,8-9,12-13H,4H2,1-3H3,(H,11,14). The van der Waals surface area contributed by atoms with E-state index in [9.17, 15) is 15.0 Å². The highest BCUT2D eigenvalue weighted by molar-refractivity contribution is 5.97. The van der Waals surface area contributed by atoms with Crippen molar-refractivity contribution in [2.45, 2.75) is 39.3 Å². The largest absolute Gasteiger partial charge is 0.512 e. The number of allylic oxidation sites excluding steroid dienone is 1. The number of carbonyl (C=O) groups is 1. The van der Waals surface area contributed by atoms with Crippen LogP contribution in [-0.2, 0) is 4.79 Å². The maximum absolute atomic E-state index is 11.4. The Morgan fingerprint density at radius 3 is 2.57 bits per heavy atom. The Balaban J connectivity index is 2.90. The van der Waals surface area contributed by atoms with Crippen molar-refractivity contribution in [3.63, 3.8) is 0 Å². The summed E-state index contributed by atoms with van der Waals surface area (Å²) in [5.41, 5.74) is 0.107. The van der Waals surface area contributed by atoms with Crippen LogP contribution in [0.2, 0.25) is 0 Å². The SMILES string of the molecule is CCC(C)C1NC(=O)C(=C(C)O)C1O. The predicted octanol–water partition coefficient (Wildman–Crippen LogP) is 0.724. The van der Waals surface area contributed by atoms with E-state index in [1.165, 1.54) is 6.92 Å². The fourth-order valence-electron chi connectivity index (χ4n) is 1.71. The number of aliphatic hydroxyl groups is 2. The second kappa shape index (κ2) is 4.00. The van der Waals surface area contributed by atoms with E-state index in [1.54, 1.807) is 0 Å². The van der Waals surface area contributed by atoms with Gasteiger partial charge in [-0.15, -0.1) is 0 Å². The van der Waals surface area contributed by atoms with Crippen molar-refractivity contribution in [3.05, 3.63) is 11.3 Å². The quantitative estimate of drug-likeness (QED) is 0.453. The summed E-state index contributed by atoms with van der Waals surface area (Å²) in [5, 5.41) is 21.7. The summed E-state index contributed by atoms with van der Waals surface area (Å²) in [5.74, 6) is -0.255. The fourth-order valence-corrected chi connectivity index (χ4v) is 1.71. The highest BCUT2D eigenvalue weighted by atomic mass is 16.3. The van der Waals surface area contributed by atoms with Gasteiger partial charge in [-0.3, -0.25) is 4.79 Å². The van der Waals surface area contributed by atoms with Crippen LogP contribution in [0.15, 0.2) is 11.3 Å². The summed E-state index contributed by atoms with van der Waals surface area (Å²) in [7, 11) is 0. The first-order valence-electron chi connectivity index (χ1n) is 4.87. The zero-order valence-corrected chi connectivity index (χ0v) is 8.74. The molecule has 0 spiro atoms. The Kier molecular flexibility index (Phi) is 3.16. The lowest BCUT2D eigenvalue weighted by Crippen LogP contribution is -2.37. The Hall–Kier alpha value is -1.03. The number of amides is 1. The average Bonchev–Trinajstić information content (AvgIpc) is 2.40. The van der Waals surface area contributed by atoms with E-state index in [1.807, 2.05) is 13.8 Å². The molecule has 3 atom stereocenters. The van der Waals surface area contributed by atoms with Gasteiger partial charge in [0.2, 0.25) is 0 Å². The molecule has 0 radical (unpaired) electrons. The van der Waals surface area contributed by atoms with Crippen LogP contribution in [0.3, 0.4) is 0 Å². The van der Waals surface area contributed by atoms with Crippen molar-refractivity contribution in [1.82, 2.24) is 5.32 Å². The molecule has 0 aromatic heterocycles. The van der Waals surface area contributed by atoms with Gasteiger partial charge >= 0.3 is 0 Å². The molecule has 0 saturated carbocycles. The average molecular weight is 199 g/mol. The molecular formula is C10H17NO3. The maximum atomic E-state index is 11.4. The molecule has 4 heteroatoms. The second-order valence-electron chi connectivity index (χ2n) is 3.83. The Morgan fingerprint density at radius 1 is 1.64 bits per heavy atom. The molecule has 1 rings (SSSR count). The predicted molar refractivity (Wildman–Crippen MR) is 52.7 cm³/mol. The molecule has 4 nitrogen and oxygen atoms in total. The van der Waals surface area contributed by atoms with Gasteiger partial charge in [0.25, 0.3) is 5.91 Å². The molecule has 1 fully saturated rings. The van der Waals surface area contributed by atoms with Crippen LogP contribution >= 0.6 is 0 Å². The number of aliphatic hydroxyl groups excluding tert-OH is 2. The van der Waals surface area contributed by atoms with E-state index >= 15 is 0 Å². The van der Waals surface area contributed by atoms with Gasteiger partial charge in [-0.1, -0.05) is 20.3 Å². The van der Waals surface area contributed by atoms with Crippen LogP contribution in [0, 0.1) is 5.92 Å². The number of hydrogen-bond donors (Lipinski definition) is 3. The first kappa shape index (κ1) is 11.0. The molecule has 0 aliphatic carbocycles. The van der Waals surface area contributed by atoms with E-state index in [0.717, 1.165) is 6.42 Å². The van der Waals surface area contributed by atoms with Gasteiger partial charge in [-0.25, -0.2) is 0 Å². The van der Waals surface area contributed by atoms with Crippen LogP contribution in [0.1, 0.15) is 27.2 Å². The summed E-state index contributed by atoms with van der Waals surface area (Å²) in [6, 6.07) is -0.274. The van der Waals surface area contributed by atoms with Crippen LogP contribution in [0.4, 0.5) is 0 Å². The van der Waals surface area contributed by atoms with Crippen LogP contribution in [-0.4, -0.2) is 28.3 Å². The molecular weight excluding hydrogens is 182 g/mol. The molecule has 0 bridgehead atoms. The molecule has 14 heavy (non-hydrogen) atoms. The van der Waals surface area contributed by atoms with E-state index in [-0.39, 0.29) is 29.2 Å². The first-order valence-corrected chi connectivity index (χ1v) is 4.87. The topological polar surface area (TPSA) is 69.6 Å². The van der Waals surface area contributed by atoms with Gasteiger partial charge < -0.3 is 15.5 Å². The molecule has 0 aromatic rings. The van der Waals surface area contributed by atoms with Gasteiger partial charge in [-0.2, -0.15) is 0 Å². The van der Waals surface area contributed by atoms with Gasteiger partial charge in [-0.05, 0) is 12.8 Å². The van der Waals surface area contributed by atoms with Crippen molar-refractivity contribution < 1.29 is 15.0 Å². The van der Waals surface area contributed by atoms with Crippen molar-refractivity contribution in [3.8, 4) is 0 Å². The summed E-state index contributed by atoms with van der Waals surface area (Å²) >= 11 is 0. The van der Waals surface area contributed by atoms with E-state index < -0.39 is 6.10 Å². The molecule has 80 valence electrons. The number of hydrogen-bond acceptors (Lipinski definition) is 3. The minimum absolute atomic E-state index is 0.0965. The van der Waals surface area contributed by atoms with Crippen molar-refractivity contribution in [2.75, 3.05) is 0 Å². The van der Waals surface area contributed by atoms with Crippen molar-refractivity contribution in [1.29, 1.82) is 0 Å². The normalized spacial score (nSPS) is 32.7. The Labute approximate surface area is 83.6 Å². The molecule has 3 unspecified atom stereocenters. The zero-order chi connectivity index (χ0) is 10.9. The zero-order valence-electron chi connectivity index (χ0n) is 8.74. The first-order chi connectivity index (χ1) is 6.49. The third-order valence-corrected chi connectivity index (χ3v) is 2.83. The number of nitrogens with one attached hydrogen (secondary N) is 1. The molecule has 1 heterocycles. The third kappa shape index (κ3) is 1.75. The highest BCUT2D eigenvalue weighted by Crippen LogP contribution is 2.24. The lowest BCUT2D eigenvalue weighted by Gasteiger charge is -2.20. The monoisotopic (exact) mass is 199 g/mol. The fraction of sp³-hybridized carbons (Fsp3) is 0.700. The van der Waals surface area contributed by atoms with Gasteiger partial charge in [0.15, 0.2) is 0 Å². The van der Waals surface area contributed by atoms with Crippen LogP contribution in [0.5, 0.6) is 0 Å². The molecule has 0 aromatic carbocycles. The minimum Gasteiger partial charge on any atom is -0.512 e. The second-order valence-corrected chi connectivity index (χ2v) is 3.83. The molecule has 1 saturated heterocycles. The lowest BCUT2D eigenvalue weighted by molar-refractivity contribution is -0.116. The summed E-state index contributed by atoms with van der Waals surface area (Å²) in [6.07, 6.45) is -0.0119. The maximum Gasteiger partial charge on any atom is 0.253 e. The Bertz CT molecular complexity index is 269. The van der Waals surface area contributed by atoms with Crippen LogP contribution in [0.25, 0.3) is 0 Å². The van der Waals surface area contributed by atoms with Gasteiger partial charge in [0, 0.05) is 0 Å². The van der Waals surface area contributed by atoms with E-state index in [0.29, 0.717) is 0 Å². The lowest BCUT2D eigenvalue weighted by atomic mass is 9.94. The number of carbonyl (C=O) groups excluding carboxylic acids is 1. The van der Waals surface area contributed by atoms with Crippen molar-refractivity contribution >= 4 is 5.91 Å². The minimum atomic E-state index is -0.887. The summed E-state index contributed by atoms with van der Waals surface area (Å²) in [6.45, 7) is 5.37. The smallest absolute Gasteiger partial charge is 0.253 e. The summed E-state index contributed by atoms with van der Waals surface area (Å²) in [4.78, 5) is 11.4. The molecule has 1 aliphatic rings. The number of rotatable bonds is 2. The van der Waals surface area contributed by atoms with Gasteiger partial charge in [0.1, 0.15) is 11.9 Å². The van der Waals surface area contributed by atoms with Crippen molar-refractivity contribution in [2.24, 2.45) is 5.92 Å². The van der Waals surface area contributed by atoms with Crippen LogP contribution < -0.4 is 5.32 Å². The molecule has 1 aliphatic heterocycles. The van der Waals surface area contributed by atoms with E-state index in [4.69, 9.17) is 0 Å². The highest BCUT2D eigenvalue weighted by Gasteiger charge is 2.39. The molecule has 3 N–H and O–H groups in total. The third-order valence-electron chi connectivity index (χ3n) is 2.83. The summed E-state index contributed by atoms with van der Waals surface area (Å²) < 4.78 is 0. The Morgan fingerprint density at radius 2 is 2.21 bits per heavy atom. The van der Waals surface area contributed by atoms with Gasteiger partial charge in [0.05, 0.1) is 11.6 Å².